The lowest BCUT2D eigenvalue weighted by atomic mass is 10.2. The Morgan fingerprint density at radius 3 is 2.29 bits per heavy atom. The van der Waals surface area contributed by atoms with Gasteiger partial charge in [0.25, 0.3) is 5.69 Å². The average molecular weight is 533 g/mol. The summed E-state index contributed by atoms with van der Waals surface area (Å²) in [5.41, 5.74) is -0.891. The van der Waals surface area contributed by atoms with E-state index in [1.165, 1.54) is 30.5 Å². The first kappa shape index (κ1) is 22.7. The van der Waals surface area contributed by atoms with E-state index < -0.39 is 16.7 Å². The number of nitriles is 1. The lowest BCUT2D eigenvalue weighted by molar-refractivity contribution is -0.384. The van der Waals surface area contributed by atoms with E-state index in [1.807, 2.05) is 6.07 Å². The standard InChI is InChI=1S/C18H7BrCl2F3N5O2/c19-15-14(7-25)27-28(16-12(20)5-10(6-13(16)21)18(22,23)24)17(15)26-8-9-1-3-11(4-2-9)29(30)31/h1-6,8H. The van der Waals surface area contributed by atoms with Crippen LogP contribution in [0.25, 0.3) is 5.69 Å². The summed E-state index contributed by atoms with van der Waals surface area (Å²) >= 11 is 15.3. The van der Waals surface area contributed by atoms with Crippen LogP contribution in [0.3, 0.4) is 0 Å². The van der Waals surface area contributed by atoms with Gasteiger partial charge in [-0.15, -0.1) is 0 Å². The van der Waals surface area contributed by atoms with Gasteiger partial charge in [0.15, 0.2) is 11.5 Å². The van der Waals surface area contributed by atoms with Crippen LogP contribution < -0.4 is 0 Å². The third-order valence-electron chi connectivity index (χ3n) is 3.91. The molecule has 0 radical (unpaired) electrons. The van der Waals surface area contributed by atoms with Crippen LogP contribution in [0, 0.1) is 21.4 Å². The van der Waals surface area contributed by atoms with Crippen molar-refractivity contribution in [1.82, 2.24) is 9.78 Å². The van der Waals surface area contributed by atoms with Gasteiger partial charge in [0.2, 0.25) is 0 Å². The van der Waals surface area contributed by atoms with Crippen LogP contribution in [0.4, 0.5) is 24.7 Å². The highest BCUT2D eigenvalue weighted by Gasteiger charge is 2.33. The van der Waals surface area contributed by atoms with Gasteiger partial charge in [0.1, 0.15) is 16.2 Å². The van der Waals surface area contributed by atoms with Crippen molar-refractivity contribution in [2.24, 2.45) is 4.99 Å². The molecule has 0 saturated heterocycles. The van der Waals surface area contributed by atoms with Gasteiger partial charge in [-0.2, -0.15) is 23.5 Å². The Morgan fingerprint density at radius 2 is 1.81 bits per heavy atom. The highest BCUT2D eigenvalue weighted by molar-refractivity contribution is 9.10. The van der Waals surface area contributed by atoms with Crippen molar-refractivity contribution in [2.75, 3.05) is 0 Å². The number of benzene rings is 2. The molecule has 13 heteroatoms. The minimum Gasteiger partial charge on any atom is -0.258 e. The number of aliphatic imine (C=N–C) groups is 1. The summed E-state index contributed by atoms with van der Waals surface area (Å²) in [4.78, 5) is 14.4. The predicted molar refractivity (Wildman–Crippen MR) is 111 cm³/mol. The fourth-order valence-corrected chi connectivity index (χ4v) is 3.56. The molecule has 0 fully saturated rings. The quantitative estimate of drug-likeness (QED) is 0.218. The number of hydrogen-bond acceptors (Lipinski definition) is 5. The molecule has 3 aromatic rings. The Hall–Kier alpha value is -2.94. The van der Waals surface area contributed by atoms with Gasteiger partial charge in [-0.1, -0.05) is 23.2 Å². The summed E-state index contributed by atoms with van der Waals surface area (Å²) < 4.78 is 40.2. The van der Waals surface area contributed by atoms with Crippen LogP contribution in [-0.4, -0.2) is 20.9 Å². The molecule has 31 heavy (non-hydrogen) atoms. The van der Waals surface area contributed by atoms with Crippen molar-refractivity contribution in [3.63, 3.8) is 0 Å². The molecule has 0 aliphatic heterocycles. The largest absolute Gasteiger partial charge is 0.416 e. The molecule has 0 aliphatic rings. The molecule has 0 unspecified atom stereocenters. The molecule has 1 aromatic heterocycles. The highest BCUT2D eigenvalue weighted by Crippen LogP contribution is 2.40. The molecule has 158 valence electrons. The van der Waals surface area contributed by atoms with E-state index in [9.17, 15) is 28.5 Å². The van der Waals surface area contributed by atoms with E-state index >= 15 is 0 Å². The first-order valence-corrected chi connectivity index (χ1v) is 9.61. The molecular formula is C18H7BrCl2F3N5O2. The lowest BCUT2D eigenvalue weighted by Crippen LogP contribution is -2.07. The number of nitro benzene ring substituents is 1. The summed E-state index contributed by atoms with van der Waals surface area (Å²) in [6, 6.07) is 8.64. The number of nitrogens with zero attached hydrogens (tertiary/aromatic N) is 5. The maximum Gasteiger partial charge on any atom is 0.416 e. The molecule has 3 rings (SSSR count). The normalized spacial score (nSPS) is 11.6. The third-order valence-corrected chi connectivity index (χ3v) is 5.21. The molecule has 7 nitrogen and oxygen atoms in total. The molecular weight excluding hydrogens is 526 g/mol. The maximum absolute atomic E-state index is 13.0. The Balaban J connectivity index is 2.12. The Labute approximate surface area is 190 Å². The second kappa shape index (κ2) is 8.66. The zero-order chi connectivity index (χ0) is 22.9. The smallest absolute Gasteiger partial charge is 0.258 e. The van der Waals surface area contributed by atoms with E-state index in [0.717, 1.165) is 4.68 Å². The third kappa shape index (κ3) is 4.71. The van der Waals surface area contributed by atoms with Gasteiger partial charge in [-0.05, 0) is 45.8 Å². The first-order chi connectivity index (χ1) is 14.5. The van der Waals surface area contributed by atoms with Crippen LogP contribution in [0.5, 0.6) is 0 Å². The van der Waals surface area contributed by atoms with Gasteiger partial charge in [-0.3, -0.25) is 10.1 Å². The van der Waals surface area contributed by atoms with Gasteiger partial charge in [-0.25, -0.2) is 9.67 Å². The van der Waals surface area contributed by atoms with E-state index in [1.54, 1.807) is 0 Å². The van der Waals surface area contributed by atoms with E-state index in [0.29, 0.717) is 17.7 Å². The van der Waals surface area contributed by atoms with Crippen molar-refractivity contribution in [3.05, 3.63) is 77.9 Å². The van der Waals surface area contributed by atoms with Crippen LogP contribution in [-0.2, 0) is 6.18 Å². The van der Waals surface area contributed by atoms with Gasteiger partial charge in [0, 0.05) is 18.3 Å². The Morgan fingerprint density at radius 1 is 1.23 bits per heavy atom. The minimum absolute atomic E-state index is 0.0264. The molecule has 0 bridgehead atoms. The number of rotatable bonds is 4. The molecule has 0 atom stereocenters. The molecule has 0 spiro atoms. The minimum atomic E-state index is -4.66. The SMILES string of the molecule is N#Cc1nn(-c2c(Cl)cc(C(F)(F)F)cc2Cl)c(N=Cc2ccc([N+](=O)[O-])cc2)c1Br. The summed E-state index contributed by atoms with van der Waals surface area (Å²) in [6.07, 6.45) is -3.33. The lowest BCUT2D eigenvalue weighted by Gasteiger charge is -2.13. The number of halogens is 6. The number of nitro groups is 1. The van der Waals surface area contributed by atoms with E-state index in [-0.39, 0.29) is 37.4 Å². The number of aromatic nitrogens is 2. The fourth-order valence-electron chi connectivity index (χ4n) is 2.48. The summed E-state index contributed by atoms with van der Waals surface area (Å²) in [7, 11) is 0. The molecule has 0 N–H and O–H groups in total. The molecule has 0 saturated carbocycles. The van der Waals surface area contributed by atoms with Crippen molar-refractivity contribution in [3.8, 4) is 11.8 Å². The zero-order valence-corrected chi connectivity index (χ0v) is 18.0. The number of non-ortho nitro benzene ring substituents is 1. The fraction of sp³-hybridized carbons (Fsp3) is 0.0556. The number of hydrogen-bond donors (Lipinski definition) is 0. The van der Waals surface area contributed by atoms with Crippen LogP contribution in [0.2, 0.25) is 10.0 Å². The second-order valence-corrected chi connectivity index (χ2v) is 7.51. The average Bonchev–Trinajstić information content (AvgIpc) is 3.00. The molecule has 2 aromatic carbocycles. The summed E-state index contributed by atoms with van der Waals surface area (Å²) in [5.74, 6) is 0.0264. The predicted octanol–water partition coefficient (Wildman–Crippen LogP) is 6.49. The summed E-state index contributed by atoms with van der Waals surface area (Å²) in [5, 5.41) is 23.3. The second-order valence-electron chi connectivity index (χ2n) is 5.90. The Bertz CT molecular complexity index is 1230. The molecule has 1 heterocycles. The van der Waals surface area contributed by atoms with E-state index in [4.69, 9.17) is 23.2 Å². The monoisotopic (exact) mass is 531 g/mol. The maximum atomic E-state index is 13.0. The van der Waals surface area contributed by atoms with Crippen LogP contribution >= 0.6 is 39.1 Å². The topological polar surface area (TPSA) is 97.1 Å². The first-order valence-electron chi connectivity index (χ1n) is 8.06. The van der Waals surface area contributed by atoms with Crippen LogP contribution in [0.15, 0.2) is 45.9 Å². The van der Waals surface area contributed by atoms with Gasteiger partial charge in [0.05, 0.1) is 20.5 Å². The van der Waals surface area contributed by atoms with Crippen molar-refractivity contribution in [2.45, 2.75) is 6.18 Å². The zero-order valence-electron chi connectivity index (χ0n) is 14.9. The number of alkyl halides is 3. The summed E-state index contributed by atoms with van der Waals surface area (Å²) in [6.45, 7) is 0. The van der Waals surface area contributed by atoms with E-state index in [2.05, 4.69) is 26.0 Å². The highest BCUT2D eigenvalue weighted by atomic mass is 79.9. The van der Waals surface area contributed by atoms with Crippen LogP contribution in [0.1, 0.15) is 16.8 Å². The molecule has 0 aliphatic carbocycles. The molecule has 0 amide bonds. The van der Waals surface area contributed by atoms with Crippen molar-refractivity contribution in [1.29, 1.82) is 5.26 Å². The Kier molecular flexibility index (Phi) is 6.35. The van der Waals surface area contributed by atoms with Gasteiger partial charge < -0.3 is 0 Å². The van der Waals surface area contributed by atoms with Gasteiger partial charge >= 0.3 is 6.18 Å². The van der Waals surface area contributed by atoms with Crippen molar-refractivity contribution >= 4 is 56.9 Å². The van der Waals surface area contributed by atoms with Crippen molar-refractivity contribution < 1.29 is 18.1 Å².